The number of carbonyl (C=O) groups is 1. The second-order valence-electron chi connectivity index (χ2n) is 3.13. The molecule has 0 unspecified atom stereocenters. The van der Waals surface area contributed by atoms with Gasteiger partial charge in [0.05, 0.1) is 6.42 Å². The van der Waals surface area contributed by atoms with Gasteiger partial charge in [-0.05, 0) is 23.3 Å². The lowest BCUT2D eigenvalue weighted by Crippen LogP contribution is -2.08. The Morgan fingerprint density at radius 2 is 2.06 bits per heavy atom. The van der Waals surface area contributed by atoms with E-state index < -0.39 is 24.1 Å². The molecule has 0 fully saturated rings. The maximum atomic E-state index is 13.3. The molecule has 1 N–H and O–H groups in total. The smallest absolute Gasteiger partial charge is 0.387 e. The minimum atomic E-state index is -3.16. The molecule has 0 saturated heterocycles. The highest BCUT2D eigenvalue weighted by Gasteiger charge is 2.15. The van der Waals surface area contributed by atoms with Crippen molar-refractivity contribution in [3.8, 4) is 5.75 Å². The molecule has 0 atom stereocenters. The predicted octanol–water partition coefficient (Wildman–Crippen LogP) is 2.95. The van der Waals surface area contributed by atoms with E-state index in [2.05, 4.69) is 20.7 Å². The van der Waals surface area contributed by atoms with Gasteiger partial charge in [0.25, 0.3) is 0 Å². The van der Waals surface area contributed by atoms with Gasteiger partial charge in [0, 0.05) is 5.33 Å². The summed E-state index contributed by atoms with van der Waals surface area (Å²) in [6.45, 7) is -3.16. The van der Waals surface area contributed by atoms with Crippen LogP contribution in [0.5, 0.6) is 5.75 Å². The zero-order valence-electron chi connectivity index (χ0n) is 8.42. The van der Waals surface area contributed by atoms with Crippen molar-refractivity contribution >= 4 is 21.9 Å². The predicted molar refractivity (Wildman–Crippen MR) is 57.0 cm³/mol. The Bertz CT molecular complexity index is 424. The topological polar surface area (TPSA) is 46.5 Å². The van der Waals surface area contributed by atoms with Gasteiger partial charge in [-0.15, -0.1) is 0 Å². The van der Waals surface area contributed by atoms with Crippen LogP contribution in [0.15, 0.2) is 12.1 Å². The van der Waals surface area contributed by atoms with Crippen LogP contribution in [0.3, 0.4) is 0 Å². The third-order valence-corrected chi connectivity index (χ3v) is 2.56. The summed E-state index contributed by atoms with van der Waals surface area (Å²) < 4.78 is 41.2. The van der Waals surface area contributed by atoms with Crippen molar-refractivity contribution in [3.63, 3.8) is 0 Å². The molecule has 1 rings (SSSR count). The van der Waals surface area contributed by atoms with Gasteiger partial charge >= 0.3 is 12.6 Å². The number of ether oxygens (including phenoxy) is 1. The quantitative estimate of drug-likeness (QED) is 0.850. The van der Waals surface area contributed by atoms with Crippen LogP contribution in [-0.2, 0) is 16.5 Å². The van der Waals surface area contributed by atoms with E-state index in [9.17, 15) is 18.0 Å². The van der Waals surface area contributed by atoms with Crippen LogP contribution in [0.25, 0.3) is 0 Å². The number of rotatable bonds is 5. The first-order chi connectivity index (χ1) is 7.93. The third-order valence-electron chi connectivity index (χ3n) is 1.96. The Kier molecular flexibility index (Phi) is 4.80. The molecular formula is C10H8BrF3O3. The minimum absolute atomic E-state index is 0.224. The third kappa shape index (κ3) is 3.92. The molecule has 0 heterocycles. The van der Waals surface area contributed by atoms with E-state index >= 15 is 0 Å². The fourth-order valence-electron chi connectivity index (χ4n) is 1.27. The number of alkyl halides is 3. The number of hydrogen-bond acceptors (Lipinski definition) is 2. The number of halogens is 4. The largest absolute Gasteiger partial charge is 0.481 e. The second kappa shape index (κ2) is 5.90. The lowest BCUT2D eigenvalue weighted by molar-refractivity contribution is -0.136. The Morgan fingerprint density at radius 1 is 1.41 bits per heavy atom. The van der Waals surface area contributed by atoms with Crippen LogP contribution in [0.4, 0.5) is 13.2 Å². The standard InChI is InChI=1S/C10H8BrF3O3/c11-4-6-1-7(12)8(17-10(13)14)2-5(6)3-9(15)16/h1-2,10H,3-4H2,(H,15,16). The van der Waals surface area contributed by atoms with E-state index in [-0.39, 0.29) is 17.3 Å². The van der Waals surface area contributed by atoms with Crippen LogP contribution >= 0.6 is 15.9 Å². The molecule has 3 nitrogen and oxygen atoms in total. The zero-order chi connectivity index (χ0) is 13.0. The molecule has 7 heteroatoms. The van der Waals surface area contributed by atoms with Crippen molar-refractivity contribution in [3.05, 3.63) is 29.1 Å². The van der Waals surface area contributed by atoms with Gasteiger partial charge in [0.1, 0.15) is 0 Å². The van der Waals surface area contributed by atoms with E-state index in [0.717, 1.165) is 12.1 Å². The summed E-state index contributed by atoms with van der Waals surface area (Å²) in [5, 5.41) is 8.85. The molecular weight excluding hydrogens is 305 g/mol. The highest BCUT2D eigenvalue weighted by atomic mass is 79.9. The summed E-state index contributed by atoms with van der Waals surface area (Å²) in [4.78, 5) is 10.6. The van der Waals surface area contributed by atoms with Gasteiger partial charge in [0.2, 0.25) is 0 Å². The SMILES string of the molecule is O=C(O)Cc1cc(OC(F)F)c(F)cc1CBr. The van der Waals surface area contributed by atoms with Crippen molar-refractivity contribution in [1.29, 1.82) is 0 Å². The Morgan fingerprint density at radius 3 is 2.53 bits per heavy atom. The molecule has 0 saturated carbocycles. The van der Waals surface area contributed by atoms with Crippen LogP contribution in [0, 0.1) is 5.82 Å². The average molecular weight is 313 g/mol. The molecule has 1 aromatic carbocycles. The summed E-state index contributed by atoms with van der Waals surface area (Å²) in [5.41, 5.74) is 0.609. The Balaban J connectivity index is 3.12. The van der Waals surface area contributed by atoms with Crippen molar-refractivity contribution in [2.75, 3.05) is 0 Å². The number of carboxylic acids is 1. The number of carboxylic acid groups (broad SMARTS) is 1. The maximum Gasteiger partial charge on any atom is 0.387 e. The number of aliphatic carboxylic acids is 1. The van der Waals surface area contributed by atoms with E-state index in [1.165, 1.54) is 0 Å². The highest BCUT2D eigenvalue weighted by Crippen LogP contribution is 2.26. The molecule has 0 amide bonds. The van der Waals surface area contributed by atoms with Crippen molar-refractivity contribution in [2.24, 2.45) is 0 Å². The van der Waals surface area contributed by atoms with E-state index in [1.54, 1.807) is 0 Å². The second-order valence-corrected chi connectivity index (χ2v) is 3.69. The zero-order valence-corrected chi connectivity index (χ0v) is 10.0. The molecule has 0 aliphatic carbocycles. The fraction of sp³-hybridized carbons (Fsp3) is 0.300. The lowest BCUT2D eigenvalue weighted by Gasteiger charge is -2.10. The van der Waals surface area contributed by atoms with Crippen LogP contribution in [0.2, 0.25) is 0 Å². The summed E-state index contributed by atoms with van der Waals surface area (Å²) in [7, 11) is 0. The van der Waals surface area contributed by atoms with Crippen molar-refractivity contribution < 1.29 is 27.8 Å². The van der Waals surface area contributed by atoms with E-state index in [4.69, 9.17) is 5.11 Å². The van der Waals surface area contributed by atoms with Crippen LogP contribution in [0.1, 0.15) is 11.1 Å². The molecule has 94 valence electrons. The summed E-state index contributed by atoms with van der Waals surface area (Å²) in [6.07, 6.45) is -0.388. The average Bonchev–Trinajstić information content (AvgIpc) is 2.21. The summed E-state index contributed by atoms with van der Waals surface area (Å²) >= 11 is 3.06. The van der Waals surface area contributed by atoms with Gasteiger partial charge in [-0.1, -0.05) is 15.9 Å². The van der Waals surface area contributed by atoms with Gasteiger partial charge < -0.3 is 9.84 Å². The molecule has 1 aromatic rings. The molecule has 17 heavy (non-hydrogen) atoms. The monoisotopic (exact) mass is 312 g/mol. The van der Waals surface area contributed by atoms with Gasteiger partial charge in [-0.25, -0.2) is 4.39 Å². The molecule has 0 radical (unpaired) electrons. The molecule has 0 spiro atoms. The van der Waals surface area contributed by atoms with Gasteiger partial charge in [-0.2, -0.15) is 8.78 Å². The molecule has 0 aliphatic heterocycles. The summed E-state index contributed by atoms with van der Waals surface area (Å²) in [5.74, 6) is -2.74. The Labute approximate surface area is 103 Å². The molecule has 0 aliphatic rings. The minimum Gasteiger partial charge on any atom is -0.481 e. The lowest BCUT2D eigenvalue weighted by atomic mass is 10.1. The van der Waals surface area contributed by atoms with Crippen molar-refractivity contribution in [2.45, 2.75) is 18.4 Å². The Hall–Kier alpha value is -1.24. The first-order valence-electron chi connectivity index (χ1n) is 4.48. The van der Waals surface area contributed by atoms with Gasteiger partial charge in [0.15, 0.2) is 11.6 Å². The summed E-state index contributed by atoms with van der Waals surface area (Å²) in [6, 6.07) is 1.96. The number of benzene rings is 1. The van der Waals surface area contributed by atoms with E-state index in [0.29, 0.717) is 5.56 Å². The maximum absolute atomic E-state index is 13.3. The molecule has 0 aromatic heterocycles. The van der Waals surface area contributed by atoms with Crippen LogP contribution in [-0.4, -0.2) is 17.7 Å². The van der Waals surface area contributed by atoms with Crippen LogP contribution < -0.4 is 4.74 Å². The van der Waals surface area contributed by atoms with Crippen molar-refractivity contribution in [1.82, 2.24) is 0 Å². The molecule has 0 bridgehead atoms. The first kappa shape index (κ1) is 13.8. The number of hydrogen-bond donors (Lipinski definition) is 1. The highest BCUT2D eigenvalue weighted by molar-refractivity contribution is 9.08. The normalized spacial score (nSPS) is 10.6. The fourth-order valence-corrected chi connectivity index (χ4v) is 1.80. The van der Waals surface area contributed by atoms with Gasteiger partial charge in [-0.3, -0.25) is 4.79 Å². The first-order valence-corrected chi connectivity index (χ1v) is 5.60. The van der Waals surface area contributed by atoms with E-state index in [1.807, 2.05) is 0 Å².